The molecule has 2 aliphatic heterocycles. The molecule has 0 bridgehead atoms. The van der Waals surface area contributed by atoms with Gasteiger partial charge in [-0.15, -0.1) is 0 Å². The van der Waals surface area contributed by atoms with Crippen molar-refractivity contribution in [1.29, 1.82) is 0 Å². The van der Waals surface area contributed by atoms with Gasteiger partial charge in [0.2, 0.25) is 0 Å². The third kappa shape index (κ3) is 4.64. The molecule has 2 atom stereocenters. The molecule has 9 heteroatoms. The summed E-state index contributed by atoms with van der Waals surface area (Å²) in [6.07, 6.45) is 6.50. The summed E-state index contributed by atoms with van der Waals surface area (Å²) in [5.41, 5.74) is 1.95. The third-order valence-corrected chi connectivity index (χ3v) is 6.68. The van der Waals surface area contributed by atoms with Gasteiger partial charge in [0.1, 0.15) is 17.6 Å². The highest BCUT2D eigenvalue weighted by atomic mass is 16.5. The highest BCUT2D eigenvalue weighted by Crippen LogP contribution is 2.42. The molecule has 5 rings (SSSR count). The van der Waals surface area contributed by atoms with Gasteiger partial charge in [-0.05, 0) is 61.7 Å². The van der Waals surface area contributed by atoms with E-state index in [0.717, 1.165) is 11.3 Å². The number of likely N-dealkylation sites (tertiary alicyclic amines) is 1. The van der Waals surface area contributed by atoms with E-state index >= 15 is 0 Å². The number of Topliss-reactive ketones (excluding diaryl/α,β-unsaturated/α-hetero) is 1. The van der Waals surface area contributed by atoms with Crippen LogP contribution in [0.5, 0.6) is 17.2 Å². The summed E-state index contributed by atoms with van der Waals surface area (Å²) in [6, 6.07) is 9.16. The van der Waals surface area contributed by atoms with Crippen molar-refractivity contribution in [1.82, 2.24) is 14.5 Å². The van der Waals surface area contributed by atoms with E-state index in [1.165, 1.54) is 11.0 Å². The second-order valence-corrected chi connectivity index (χ2v) is 9.26. The van der Waals surface area contributed by atoms with E-state index in [9.17, 15) is 19.8 Å². The van der Waals surface area contributed by atoms with Gasteiger partial charge in [-0.1, -0.05) is 6.07 Å². The number of hydrogen-bond donors (Lipinski definition) is 2. The number of phenolic OH excluding ortho intramolecular Hbond substituents is 1. The fourth-order valence-electron chi connectivity index (χ4n) is 5.00. The van der Waals surface area contributed by atoms with Crippen LogP contribution in [0.4, 0.5) is 0 Å². The Balaban J connectivity index is 1.56. The zero-order valence-electron chi connectivity index (χ0n) is 20.8. The molecule has 0 radical (unpaired) electrons. The Labute approximate surface area is 214 Å². The van der Waals surface area contributed by atoms with Crippen LogP contribution < -0.4 is 9.47 Å². The number of imidazole rings is 1. The van der Waals surface area contributed by atoms with Crippen molar-refractivity contribution in [2.45, 2.75) is 45.4 Å². The van der Waals surface area contributed by atoms with E-state index in [2.05, 4.69) is 4.98 Å². The predicted octanol–water partition coefficient (Wildman–Crippen LogP) is 3.82. The van der Waals surface area contributed by atoms with Crippen LogP contribution in [0.2, 0.25) is 0 Å². The van der Waals surface area contributed by atoms with Crippen LogP contribution in [-0.4, -0.2) is 55.6 Å². The molecule has 3 aromatic rings. The lowest BCUT2D eigenvalue weighted by atomic mass is 9.94. The summed E-state index contributed by atoms with van der Waals surface area (Å²) >= 11 is 0. The molecular weight excluding hydrogens is 474 g/mol. The van der Waals surface area contributed by atoms with Crippen LogP contribution in [-0.2, 0) is 22.6 Å². The average Bonchev–Trinajstić information content (AvgIpc) is 3.59. The molecule has 1 amide bonds. The van der Waals surface area contributed by atoms with Crippen molar-refractivity contribution in [3.05, 3.63) is 77.4 Å². The molecule has 2 aromatic carbocycles. The first kappa shape index (κ1) is 24.4. The van der Waals surface area contributed by atoms with Crippen LogP contribution in [0.15, 0.2) is 60.7 Å². The number of aliphatic hydroxyl groups excluding tert-OH is 1. The Bertz CT molecular complexity index is 1360. The lowest BCUT2D eigenvalue weighted by molar-refractivity contribution is -0.139. The minimum absolute atomic E-state index is 0.00711. The minimum atomic E-state index is -0.842. The van der Waals surface area contributed by atoms with E-state index in [4.69, 9.17) is 9.47 Å². The number of amides is 1. The normalized spacial score (nSPS) is 20.2. The fourth-order valence-corrected chi connectivity index (χ4v) is 5.00. The average molecular weight is 504 g/mol. The largest absolute Gasteiger partial charge is 0.507 e. The van der Waals surface area contributed by atoms with Crippen LogP contribution in [0, 0.1) is 0 Å². The van der Waals surface area contributed by atoms with Gasteiger partial charge in [0.05, 0.1) is 24.5 Å². The highest BCUT2D eigenvalue weighted by molar-refractivity contribution is 6.46. The maximum absolute atomic E-state index is 13.3. The Hall–Kier alpha value is -4.27. The van der Waals surface area contributed by atoms with Crippen molar-refractivity contribution in [2.75, 3.05) is 13.2 Å². The van der Waals surface area contributed by atoms with E-state index < -0.39 is 17.7 Å². The Morgan fingerprint density at radius 3 is 2.78 bits per heavy atom. The van der Waals surface area contributed by atoms with Gasteiger partial charge >= 0.3 is 0 Å². The summed E-state index contributed by atoms with van der Waals surface area (Å²) in [5.74, 6) is -0.722. The monoisotopic (exact) mass is 503 g/mol. The molecule has 0 saturated carbocycles. The van der Waals surface area contributed by atoms with E-state index in [-0.39, 0.29) is 35.5 Å². The van der Waals surface area contributed by atoms with E-state index in [1.54, 1.807) is 49.8 Å². The van der Waals surface area contributed by atoms with E-state index in [1.807, 2.05) is 17.7 Å². The summed E-state index contributed by atoms with van der Waals surface area (Å²) in [7, 11) is 0. The maximum atomic E-state index is 13.3. The third-order valence-electron chi connectivity index (χ3n) is 6.68. The number of rotatable bonds is 8. The van der Waals surface area contributed by atoms with Gasteiger partial charge < -0.3 is 29.2 Å². The molecule has 1 fully saturated rings. The number of nitrogens with zero attached hydrogens (tertiary/aromatic N) is 3. The predicted molar refractivity (Wildman–Crippen MR) is 135 cm³/mol. The van der Waals surface area contributed by atoms with Crippen LogP contribution in [0.25, 0.3) is 5.76 Å². The smallest absolute Gasteiger partial charge is 0.295 e. The second-order valence-electron chi connectivity index (χ2n) is 9.26. The fraction of sp³-hybridized carbons (Fsp3) is 0.321. The molecular formula is C28H29N3O6. The van der Waals surface area contributed by atoms with Crippen LogP contribution in [0.1, 0.15) is 43.0 Å². The van der Waals surface area contributed by atoms with Crippen molar-refractivity contribution in [2.24, 2.45) is 0 Å². The molecule has 37 heavy (non-hydrogen) atoms. The Morgan fingerprint density at radius 2 is 2.03 bits per heavy atom. The number of benzene rings is 2. The minimum Gasteiger partial charge on any atom is -0.507 e. The number of carbonyl (C=O) groups is 2. The molecule has 192 valence electrons. The number of aliphatic hydroxyl groups is 1. The number of hydrogen-bond acceptors (Lipinski definition) is 7. The van der Waals surface area contributed by atoms with Gasteiger partial charge in [-0.3, -0.25) is 9.59 Å². The second kappa shape index (κ2) is 10.0. The quantitative estimate of drug-likeness (QED) is 0.273. The molecule has 1 aromatic heterocycles. The highest BCUT2D eigenvalue weighted by Gasteiger charge is 2.46. The van der Waals surface area contributed by atoms with Gasteiger partial charge in [-0.25, -0.2) is 4.98 Å². The summed E-state index contributed by atoms with van der Waals surface area (Å²) in [5, 5.41) is 21.6. The standard InChI is InChI=1S/C28H29N3O6/c1-3-36-23-15-18(5-7-21(23)32)25-24(26(33)19-6-8-22-20(14-19)13-17(2)37-22)27(34)28(35)31(25)11-4-10-30-12-9-29-16-30/h5-9,12,14-17,25,32-33H,3-4,10-11,13H2,1-2H3/b26-24+/t17-,25-/m0/s1. The van der Waals surface area contributed by atoms with E-state index in [0.29, 0.717) is 37.1 Å². The molecule has 2 aliphatic rings. The van der Waals surface area contributed by atoms with Crippen molar-refractivity contribution in [3.63, 3.8) is 0 Å². The zero-order valence-corrected chi connectivity index (χ0v) is 20.8. The Morgan fingerprint density at radius 1 is 1.19 bits per heavy atom. The first-order valence-corrected chi connectivity index (χ1v) is 12.4. The lowest BCUT2D eigenvalue weighted by Gasteiger charge is -2.26. The van der Waals surface area contributed by atoms with Gasteiger partial charge in [0.25, 0.3) is 11.7 Å². The van der Waals surface area contributed by atoms with Gasteiger partial charge in [0, 0.05) is 37.5 Å². The first-order valence-electron chi connectivity index (χ1n) is 12.4. The van der Waals surface area contributed by atoms with Crippen molar-refractivity contribution in [3.8, 4) is 17.2 Å². The molecule has 3 heterocycles. The van der Waals surface area contributed by atoms with Crippen LogP contribution in [0.3, 0.4) is 0 Å². The SMILES string of the molecule is CCOc1cc([C@H]2/C(=C(\O)c3ccc4c(c3)C[C@H](C)O4)C(=O)C(=O)N2CCCn2ccnc2)ccc1O. The zero-order chi connectivity index (χ0) is 26.1. The molecule has 1 saturated heterocycles. The number of carbonyl (C=O) groups excluding carboxylic acids is 2. The van der Waals surface area contributed by atoms with Crippen molar-refractivity contribution >= 4 is 17.4 Å². The number of aromatic hydroxyl groups is 1. The summed E-state index contributed by atoms with van der Waals surface area (Å²) in [4.78, 5) is 32.1. The Kier molecular flexibility index (Phi) is 6.60. The topological polar surface area (TPSA) is 114 Å². The molecule has 0 unspecified atom stereocenters. The van der Waals surface area contributed by atoms with Gasteiger partial charge in [0.15, 0.2) is 11.5 Å². The first-order chi connectivity index (χ1) is 17.9. The maximum Gasteiger partial charge on any atom is 0.295 e. The lowest BCUT2D eigenvalue weighted by Crippen LogP contribution is -2.31. The molecule has 2 N–H and O–H groups in total. The summed E-state index contributed by atoms with van der Waals surface area (Å²) in [6.45, 7) is 4.99. The molecule has 9 nitrogen and oxygen atoms in total. The number of aromatic nitrogens is 2. The molecule has 0 spiro atoms. The molecule has 0 aliphatic carbocycles. The summed E-state index contributed by atoms with van der Waals surface area (Å²) < 4.78 is 13.2. The number of ketones is 1. The van der Waals surface area contributed by atoms with Crippen LogP contribution >= 0.6 is 0 Å². The number of phenols is 1. The van der Waals surface area contributed by atoms with Gasteiger partial charge in [-0.2, -0.15) is 0 Å². The van der Waals surface area contributed by atoms with Crippen molar-refractivity contribution < 1.29 is 29.3 Å². The number of fused-ring (bicyclic) bond motifs is 1. The number of aryl methyl sites for hydroxylation is 1. The number of ether oxygens (including phenoxy) is 2.